The van der Waals surface area contributed by atoms with E-state index in [1.165, 1.54) is 113 Å². The van der Waals surface area contributed by atoms with Gasteiger partial charge in [-0.2, -0.15) is 0 Å². The molecule has 1 atom stereocenters. The van der Waals surface area contributed by atoms with Gasteiger partial charge in [0.05, 0.1) is 11.8 Å². The molecule has 0 spiro atoms. The van der Waals surface area contributed by atoms with E-state index in [9.17, 15) is 9.90 Å². The summed E-state index contributed by atoms with van der Waals surface area (Å²) in [6, 6.07) is 51.8. The van der Waals surface area contributed by atoms with Crippen molar-refractivity contribution in [1.29, 1.82) is 0 Å². The molecule has 0 amide bonds. The monoisotopic (exact) mass is 950 g/mol. The summed E-state index contributed by atoms with van der Waals surface area (Å²) in [4.78, 5) is 13.1. The Morgan fingerprint density at radius 3 is 1.59 bits per heavy atom. The first-order valence-electron chi connectivity index (χ1n) is 26.3. The molecule has 3 heteroatoms. The third kappa shape index (κ3) is 6.80. The van der Waals surface area contributed by atoms with Gasteiger partial charge in [0.15, 0.2) is 0 Å². The number of carbonyl (C=O) groups excluding carboxylic acids is 1. The number of esters is 1. The molecule has 0 saturated heterocycles. The molecule has 0 aliphatic heterocycles. The van der Waals surface area contributed by atoms with Crippen molar-refractivity contribution in [2.24, 2.45) is 5.92 Å². The predicted molar refractivity (Wildman–Crippen MR) is 301 cm³/mol. The number of rotatable bonds is 6. The molecule has 1 N–H and O–H groups in total. The van der Waals surface area contributed by atoms with Gasteiger partial charge in [0.1, 0.15) is 5.75 Å². The van der Waals surface area contributed by atoms with Crippen LogP contribution in [0.1, 0.15) is 126 Å². The Hall–Kier alpha value is -7.49. The standard InChI is InChI=1S/C70H62O3/c1-40(71)30-66(72)73-49-32-47(45-22-28-56-54-26-20-43(36-62(54)69(6,7)64(56)38-45)41-18-24-52-50-14-10-12-16-58(50)67(2,3)60(52)34-41)31-48(33-49)46-23-29-57-55-27-21-44(37-63(55)70(8,9)65(57)39-46)42-19-25-53-51-15-11-13-17-59(51)68(4,5)61(53)35-42/h10-18,20-24,26-36,38-39,63,71H,19,25,37H2,1-9H3. The topological polar surface area (TPSA) is 46.5 Å². The number of hydrogen-bond acceptors (Lipinski definition) is 3. The number of hydrogen-bond donors (Lipinski definition) is 1. The lowest BCUT2D eigenvalue weighted by Gasteiger charge is -2.33. The van der Waals surface area contributed by atoms with Crippen LogP contribution in [-0.4, -0.2) is 11.1 Å². The average molecular weight is 951 g/mol. The number of carbonyl (C=O) groups is 1. The summed E-state index contributed by atoms with van der Waals surface area (Å²) < 4.78 is 5.99. The van der Waals surface area contributed by atoms with Gasteiger partial charge in [-0.3, -0.25) is 0 Å². The summed E-state index contributed by atoms with van der Waals surface area (Å²) in [5, 5.41) is 10.0. The third-order valence-corrected chi connectivity index (χ3v) is 18.2. The summed E-state index contributed by atoms with van der Waals surface area (Å²) >= 11 is 0. The highest BCUT2D eigenvalue weighted by Gasteiger charge is 2.45. The summed E-state index contributed by atoms with van der Waals surface area (Å²) in [6.07, 6.45) is 11.7. The Bertz CT molecular complexity index is 3770. The Labute approximate surface area is 431 Å². The van der Waals surface area contributed by atoms with Gasteiger partial charge in [0.2, 0.25) is 0 Å². The predicted octanol–water partition coefficient (Wildman–Crippen LogP) is 17.8. The fraction of sp³-hybridized carbons (Fsp3) is 0.243. The molecule has 360 valence electrons. The highest BCUT2D eigenvalue weighted by Crippen LogP contribution is 2.58. The van der Waals surface area contributed by atoms with Crippen molar-refractivity contribution < 1.29 is 14.6 Å². The Kier molecular flexibility index (Phi) is 9.79. The summed E-state index contributed by atoms with van der Waals surface area (Å²) in [5.41, 5.74) is 29.6. The molecule has 1 unspecified atom stereocenters. The van der Waals surface area contributed by atoms with Crippen molar-refractivity contribution in [3.63, 3.8) is 0 Å². The van der Waals surface area contributed by atoms with Gasteiger partial charge in [0.25, 0.3) is 0 Å². The van der Waals surface area contributed by atoms with Gasteiger partial charge in [-0.05, 0) is 208 Å². The molecule has 3 nitrogen and oxygen atoms in total. The summed E-state index contributed by atoms with van der Waals surface area (Å²) in [6.45, 7) is 20.5. The number of aliphatic hydroxyl groups is 1. The van der Waals surface area contributed by atoms with E-state index in [-0.39, 0.29) is 27.4 Å². The molecule has 7 aromatic carbocycles. The fourth-order valence-electron chi connectivity index (χ4n) is 14.1. The molecule has 0 heterocycles. The molecule has 13 rings (SSSR count). The maximum Gasteiger partial charge on any atom is 0.339 e. The number of ether oxygens (including phenoxy) is 1. The Morgan fingerprint density at radius 2 is 1.00 bits per heavy atom. The van der Waals surface area contributed by atoms with E-state index in [1.807, 2.05) is 12.1 Å². The molecule has 0 fully saturated rings. The first-order chi connectivity index (χ1) is 34.9. The number of benzene rings is 7. The van der Waals surface area contributed by atoms with Crippen LogP contribution in [-0.2, 0) is 26.5 Å². The molecule has 73 heavy (non-hydrogen) atoms. The second kappa shape index (κ2) is 15.8. The second-order valence-corrected chi connectivity index (χ2v) is 23.8. The Morgan fingerprint density at radius 1 is 0.507 bits per heavy atom. The van der Waals surface area contributed by atoms with E-state index in [1.54, 1.807) is 0 Å². The minimum Gasteiger partial charge on any atom is -0.512 e. The maximum atomic E-state index is 13.1. The van der Waals surface area contributed by atoms with Gasteiger partial charge in [-0.25, -0.2) is 4.79 Å². The third-order valence-electron chi connectivity index (χ3n) is 18.2. The van der Waals surface area contributed by atoms with Gasteiger partial charge in [0, 0.05) is 16.2 Å². The van der Waals surface area contributed by atoms with Crippen molar-refractivity contribution in [2.75, 3.05) is 0 Å². The van der Waals surface area contributed by atoms with Crippen LogP contribution in [0.5, 0.6) is 5.75 Å². The van der Waals surface area contributed by atoms with E-state index in [4.69, 9.17) is 4.74 Å². The van der Waals surface area contributed by atoms with E-state index in [2.05, 4.69) is 201 Å². The normalized spacial score (nSPS) is 19.5. The lowest BCUT2D eigenvalue weighted by atomic mass is 9.70. The van der Waals surface area contributed by atoms with Crippen molar-refractivity contribution in [3.8, 4) is 61.4 Å². The number of allylic oxidation sites excluding steroid dienone is 9. The van der Waals surface area contributed by atoms with Crippen LogP contribution in [0.25, 0.3) is 66.8 Å². The first-order valence-corrected chi connectivity index (χ1v) is 26.3. The molecule has 6 aliphatic rings. The first kappa shape index (κ1) is 45.4. The second-order valence-electron chi connectivity index (χ2n) is 23.8. The van der Waals surface area contributed by atoms with Gasteiger partial charge in [-0.15, -0.1) is 0 Å². The molecule has 6 aliphatic carbocycles. The lowest BCUT2D eigenvalue weighted by molar-refractivity contribution is -0.129. The van der Waals surface area contributed by atoms with Crippen LogP contribution in [0.15, 0.2) is 186 Å². The SMILES string of the molecule is CC(O)=CC(=O)Oc1cc(-c2ccc3c(c2)C(C)(C)c2cc(-c4ccc5c(c4)C(C)(C)c4ccccc4-5)ccc2-3)cc(-c2ccc3c(c2)C(C)(C)C2CC(C4=CC5=C(CC4)c4ccccc4C5(C)C)=CC=C32)c1. The maximum absolute atomic E-state index is 13.1. The highest BCUT2D eigenvalue weighted by atomic mass is 16.5. The quantitative estimate of drug-likeness (QED) is 0.0782. The summed E-state index contributed by atoms with van der Waals surface area (Å²) in [5.74, 6) is 0.0738. The highest BCUT2D eigenvalue weighted by molar-refractivity contribution is 5.91. The Balaban J connectivity index is 0.828. The molecule has 7 aromatic rings. The minimum atomic E-state index is -0.614. The molecule has 0 bridgehead atoms. The van der Waals surface area contributed by atoms with Crippen molar-refractivity contribution in [1.82, 2.24) is 0 Å². The van der Waals surface area contributed by atoms with Crippen LogP contribution in [0, 0.1) is 5.92 Å². The smallest absolute Gasteiger partial charge is 0.339 e. The van der Waals surface area contributed by atoms with E-state index >= 15 is 0 Å². The number of aliphatic hydroxyl groups excluding tert-OH is 1. The van der Waals surface area contributed by atoms with Crippen molar-refractivity contribution in [3.05, 3.63) is 231 Å². The van der Waals surface area contributed by atoms with Gasteiger partial charge >= 0.3 is 5.97 Å². The average Bonchev–Trinajstić information content (AvgIpc) is 3.95. The van der Waals surface area contributed by atoms with Crippen LogP contribution < -0.4 is 4.74 Å². The summed E-state index contributed by atoms with van der Waals surface area (Å²) in [7, 11) is 0. The zero-order valence-corrected chi connectivity index (χ0v) is 43.6. The van der Waals surface area contributed by atoms with E-state index < -0.39 is 5.97 Å². The van der Waals surface area contributed by atoms with Crippen molar-refractivity contribution >= 4 is 17.1 Å². The van der Waals surface area contributed by atoms with Gasteiger partial charge in [-0.1, -0.05) is 171 Å². The number of fused-ring (bicyclic) bond motifs is 11. The van der Waals surface area contributed by atoms with Crippen LogP contribution in [0.2, 0.25) is 0 Å². The largest absolute Gasteiger partial charge is 0.512 e. The minimum absolute atomic E-state index is 0.000882. The van der Waals surface area contributed by atoms with Crippen molar-refractivity contribution in [2.45, 2.75) is 103 Å². The molecular formula is C70H62O3. The van der Waals surface area contributed by atoms with E-state index in [0.717, 1.165) is 47.6 Å². The molecular weight excluding hydrogens is 889 g/mol. The lowest BCUT2D eigenvalue weighted by Crippen LogP contribution is -2.25. The molecule has 0 saturated carbocycles. The van der Waals surface area contributed by atoms with Crippen LogP contribution >= 0.6 is 0 Å². The van der Waals surface area contributed by atoms with E-state index in [0.29, 0.717) is 11.7 Å². The van der Waals surface area contributed by atoms with Crippen LogP contribution in [0.4, 0.5) is 0 Å². The van der Waals surface area contributed by atoms with Crippen LogP contribution in [0.3, 0.4) is 0 Å². The fourth-order valence-corrected chi connectivity index (χ4v) is 14.1. The zero-order chi connectivity index (χ0) is 50.5. The zero-order valence-electron chi connectivity index (χ0n) is 43.6. The molecule has 0 radical (unpaired) electrons. The molecule has 0 aromatic heterocycles. The van der Waals surface area contributed by atoms with Gasteiger partial charge < -0.3 is 9.84 Å².